The molecule has 0 fully saturated rings. The van der Waals surface area contributed by atoms with E-state index in [-0.39, 0.29) is 25.0 Å². The van der Waals surface area contributed by atoms with Crippen LogP contribution in [-0.2, 0) is 22.6 Å². The molecule has 7 heteroatoms. The summed E-state index contributed by atoms with van der Waals surface area (Å²) in [6.45, 7) is 2.53. The number of hydrogen-bond acceptors (Lipinski definition) is 3. The molecule has 0 heterocycles. The Morgan fingerprint density at radius 1 is 0.912 bits per heavy atom. The molecule has 1 N–H and O–H groups in total. The van der Waals surface area contributed by atoms with Crippen LogP contribution < -0.4 is 10.1 Å². The van der Waals surface area contributed by atoms with E-state index in [1.165, 1.54) is 0 Å². The molecule has 0 unspecified atom stereocenters. The standard InChI is InChI=1S/C27H28Cl2N2O3/c1-2-15-30-27(33)25(17-20-7-4-3-5-8-20)31(18-21-9-6-10-23(29)16-21)26(32)19-34-24-13-11-22(28)12-14-24/h3-14,16,25H,2,15,17-19H2,1H3,(H,30,33)/t25-/m1/s1. The Labute approximate surface area is 210 Å². The van der Waals surface area contributed by atoms with Crippen LogP contribution in [0.3, 0.4) is 0 Å². The van der Waals surface area contributed by atoms with Crippen molar-refractivity contribution < 1.29 is 14.3 Å². The second-order valence-corrected chi connectivity index (χ2v) is 8.76. The number of amides is 2. The van der Waals surface area contributed by atoms with Crippen molar-refractivity contribution in [2.75, 3.05) is 13.2 Å². The molecule has 0 bridgehead atoms. The van der Waals surface area contributed by atoms with E-state index in [0.717, 1.165) is 17.5 Å². The van der Waals surface area contributed by atoms with Crippen molar-refractivity contribution in [2.24, 2.45) is 0 Å². The van der Waals surface area contributed by atoms with E-state index in [2.05, 4.69) is 5.32 Å². The van der Waals surface area contributed by atoms with Crippen LogP contribution in [-0.4, -0.2) is 35.9 Å². The van der Waals surface area contributed by atoms with E-state index in [0.29, 0.717) is 28.8 Å². The highest BCUT2D eigenvalue weighted by Gasteiger charge is 2.30. The van der Waals surface area contributed by atoms with Gasteiger partial charge >= 0.3 is 0 Å². The van der Waals surface area contributed by atoms with Crippen molar-refractivity contribution in [3.63, 3.8) is 0 Å². The first-order chi connectivity index (χ1) is 16.5. The first kappa shape index (κ1) is 25.6. The maximum atomic E-state index is 13.4. The highest BCUT2D eigenvalue weighted by Crippen LogP contribution is 2.19. The third-order valence-electron chi connectivity index (χ3n) is 5.24. The minimum Gasteiger partial charge on any atom is -0.484 e. The van der Waals surface area contributed by atoms with Gasteiger partial charge in [-0.15, -0.1) is 0 Å². The largest absolute Gasteiger partial charge is 0.484 e. The van der Waals surface area contributed by atoms with Crippen LogP contribution in [0.15, 0.2) is 78.9 Å². The molecule has 3 aromatic carbocycles. The molecule has 0 spiro atoms. The molecular formula is C27H28Cl2N2O3. The fourth-order valence-corrected chi connectivity index (χ4v) is 3.85. The normalized spacial score (nSPS) is 11.5. The summed E-state index contributed by atoms with van der Waals surface area (Å²) in [7, 11) is 0. The topological polar surface area (TPSA) is 58.6 Å². The lowest BCUT2D eigenvalue weighted by Crippen LogP contribution is -2.51. The number of carbonyl (C=O) groups is 2. The van der Waals surface area contributed by atoms with Crippen LogP contribution in [0, 0.1) is 0 Å². The van der Waals surface area contributed by atoms with Gasteiger partial charge in [0.1, 0.15) is 11.8 Å². The van der Waals surface area contributed by atoms with Crippen LogP contribution in [0.1, 0.15) is 24.5 Å². The summed E-state index contributed by atoms with van der Waals surface area (Å²) in [5.41, 5.74) is 1.79. The van der Waals surface area contributed by atoms with Crippen LogP contribution in [0.5, 0.6) is 5.75 Å². The van der Waals surface area contributed by atoms with E-state index >= 15 is 0 Å². The highest BCUT2D eigenvalue weighted by atomic mass is 35.5. The van der Waals surface area contributed by atoms with Gasteiger partial charge in [0.25, 0.3) is 5.91 Å². The lowest BCUT2D eigenvalue weighted by atomic mass is 10.0. The highest BCUT2D eigenvalue weighted by molar-refractivity contribution is 6.30. The number of rotatable bonds is 11. The third kappa shape index (κ3) is 7.79. The van der Waals surface area contributed by atoms with Crippen molar-refractivity contribution in [2.45, 2.75) is 32.4 Å². The molecule has 3 aromatic rings. The van der Waals surface area contributed by atoms with Gasteiger partial charge in [0.2, 0.25) is 5.91 Å². The zero-order chi connectivity index (χ0) is 24.3. The van der Waals surface area contributed by atoms with Gasteiger partial charge in [-0.2, -0.15) is 0 Å². The maximum Gasteiger partial charge on any atom is 0.261 e. The molecule has 0 saturated heterocycles. The molecule has 0 aliphatic carbocycles. The Hall–Kier alpha value is -3.02. The summed E-state index contributed by atoms with van der Waals surface area (Å²) in [4.78, 5) is 28.2. The van der Waals surface area contributed by atoms with Gasteiger partial charge in [-0.25, -0.2) is 0 Å². The molecule has 0 aliphatic rings. The van der Waals surface area contributed by atoms with Crippen molar-refractivity contribution in [3.8, 4) is 5.75 Å². The van der Waals surface area contributed by atoms with Gasteiger partial charge in [-0.3, -0.25) is 9.59 Å². The van der Waals surface area contributed by atoms with E-state index in [9.17, 15) is 9.59 Å². The van der Waals surface area contributed by atoms with Gasteiger partial charge in [0.05, 0.1) is 0 Å². The van der Waals surface area contributed by atoms with Gasteiger partial charge in [-0.1, -0.05) is 72.6 Å². The third-order valence-corrected chi connectivity index (χ3v) is 5.73. The predicted octanol–water partition coefficient (Wildman–Crippen LogP) is 5.54. The fraction of sp³-hybridized carbons (Fsp3) is 0.259. The number of halogens is 2. The van der Waals surface area contributed by atoms with E-state index < -0.39 is 6.04 Å². The van der Waals surface area contributed by atoms with Crippen molar-refractivity contribution >= 4 is 35.0 Å². The minimum atomic E-state index is -0.714. The average molecular weight is 499 g/mol. The molecule has 2 amide bonds. The van der Waals surface area contributed by atoms with E-state index in [1.54, 1.807) is 41.3 Å². The number of hydrogen-bond donors (Lipinski definition) is 1. The van der Waals surface area contributed by atoms with Crippen molar-refractivity contribution in [1.29, 1.82) is 0 Å². The van der Waals surface area contributed by atoms with Gasteiger partial charge in [-0.05, 0) is 53.9 Å². The molecule has 1 atom stereocenters. The number of carbonyl (C=O) groups excluding carboxylic acids is 2. The second kappa shape index (κ2) is 13.0. The molecular weight excluding hydrogens is 471 g/mol. The van der Waals surface area contributed by atoms with Crippen molar-refractivity contribution in [3.05, 3.63) is 100 Å². The molecule has 5 nitrogen and oxygen atoms in total. The minimum absolute atomic E-state index is 0.201. The average Bonchev–Trinajstić information content (AvgIpc) is 2.85. The number of ether oxygens (including phenoxy) is 1. The monoisotopic (exact) mass is 498 g/mol. The summed E-state index contributed by atoms with van der Waals surface area (Å²) >= 11 is 12.1. The summed E-state index contributed by atoms with van der Waals surface area (Å²) in [5.74, 6) is 0.0191. The molecule has 0 aromatic heterocycles. The Kier molecular flexibility index (Phi) is 9.80. The summed E-state index contributed by atoms with van der Waals surface area (Å²) in [5, 5.41) is 4.10. The molecule has 34 heavy (non-hydrogen) atoms. The summed E-state index contributed by atoms with van der Waals surface area (Å²) < 4.78 is 5.72. The number of nitrogens with one attached hydrogen (secondary N) is 1. The first-order valence-corrected chi connectivity index (χ1v) is 12.0. The zero-order valence-electron chi connectivity index (χ0n) is 19.0. The SMILES string of the molecule is CCCNC(=O)[C@@H](Cc1ccccc1)N(Cc1cccc(Cl)c1)C(=O)COc1ccc(Cl)cc1. The Bertz CT molecular complexity index is 1070. The van der Waals surface area contributed by atoms with Gasteiger partial charge in [0.15, 0.2) is 6.61 Å². The quantitative estimate of drug-likeness (QED) is 0.377. The van der Waals surface area contributed by atoms with Crippen LogP contribution in [0.2, 0.25) is 10.0 Å². The predicted molar refractivity (Wildman–Crippen MR) is 136 cm³/mol. The van der Waals surface area contributed by atoms with Crippen LogP contribution in [0.4, 0.5) is 0 Å². The number of benzene rings is 3. The smallest absolute Gasteiger partial charge is 0.261 e. The Morgan fingerprint density at radius 3 is 2.29 bits per heavy atom. The molecule has 3 rings (SSSR count). The Morgan fingerprint density at radius 2 is 1.62 bits per heavy atom. The first-order valence-electron chi connectivity index (χ1n) is 11.2. The fourth-order valence-electron chi connectivity index (χ4n) is 3.51. The van der Waals surface area contributed by atoms with Crippen molar-refractivity contribution in [1.82, 2.24) is 10.2 Å². The van der Waals surface area contributed by atoms with Gasteiger partial charge < -0.3 is 15.0 Å². The lowest BCUT2D eigenvalue weighted by Gasteiger charge is -2.31. The summed E-state index contributed by atoms with van der Waals surface area (Å²) in [6.07, 6.45) is 1.18. The summed E-state index contributed by atoms with van der Waals surface area (Å²) in [6, 6.07) is 23.0. The number of nitrogens with zero attached hydrogens (tertiary/aromatic N) is 1. The molecule has 178 valence electrons. The van der Waals surface area contributed by atoms with E-state index in [1.807, 2.05) is 49.4 Å². The van der Waals surface area contributed by atoms with Crippen LogP contribution >= 0.6 is 23.2 Å². The molecule has 0 radical (unpaired) electrons. The van der Waals surface area contributed by atoms with E-state index in [4.69, 9.17) is 27.9 Å². The maximum absolute atomic E-state index is 13.4. The molecule has 0 saturated carbocycles. The van der Waals surface area contributed by atoms with Gasteiger partial charge in [0, 0.05) is 29.6 Å². The second-order valence-electron chi connectivity index (χ2n) is 7.89. The lowest BCUT2D eigenvalue weighted by molar-refractivity contribution is -0.142. The van der Waals surface area contributed by atoms with Crippen LogP contribution in [0.25, 0.3) is 0 Å². The Balaban J connectivity index is 1.88. The molecule has 0 aliphatic heterocycles. The zero-order valence-corrected chi connectivity index (χ0v) is 20.6.